The Morgan fingerprint density at radius 3 is 1.25 bits per heavy atom. The molecule has 2 heteroatoms. The van der Waals surface area contributed by atoms with Crippen molar-refractivity contribution >= 4 is 14.7 Å². The second kappa shape index (κ2) is 2.03. The minimum Gasteiger partial charge on any atom is -0.307 e. The lowest BCUT2D eigenvalue weighted by Gasteiger charge is -2.41. The van der Waals surface area contributed by atoms with E-state index in [2.05, 4.69) is 34.1 Å². The van der Waals surface area contributed by atoms with Gasteiger partial charge in [-0.2, -0.15) is 0 Å². The Bertz CT molecular complexity index is 63.5. The maximum atomic E-state index is 5.92. The molecule has 0 atom stereocenters. The summed E-state index contributed by atoms with van der Waals surface area (Å²) >= 11 is 0. The summed E-state index contributed by atoms with van der Waals surface area (Å²) in [6.07, 6.45) is 0. The summed E-state index contributed by atoms with van der Waals surface area (Å²) in [5.41, 5.74) is 0. The van der Waals surface area contributed by atoms with Crippen LogP contribution in [0.2, 0.25) is 0 Å². The van der Waals surface area contributed by atoms with Crippen molar-refractivity contribution in [1.82, 2.24) is 0 Å². The number of hydrogen-bond donors (Lipinski definition) is 0. The van der Waals surface area contributed by atoms with Crippen LogP contribution in [0.3, 0.4) is 0 Å². The molecule has 0 aliphatic rings. The van der Waals surface area contributed by atoms with Crippen molar-refractivity contribution in [2.75, 3.05) is 13.3 Å². The van der Waals surface area contributed by atoms with Gasteiger partial charge in [0.1, 0.15) is 0 Å². The Labute approximate surface area is 54.8 Å². The number of hydrogen-bond acceptors (Lipinski definition) is 0. The van der Waals surface area contributed by atoms with Crippen molar-refractivity contribution in [2.24, 2.45) is 0 Å². The highest BCUT2D eigenvalue weighted by Crippen LogP contribution is 2.57. The molecular formula is C6H15BP. The van der Waals surface area contributed by atoms with Crippen molar-refractivity contribution in [3.8, 4) is 0 Å². The summed E-state index contributed by atoms with van der Waals surface area (Å²) in [4.78, 5) is 0. The van der Waals surface area contributed by atoms with Crippen LogP contribution in [0.15, 0.2) is 0 Å². The summed E-state index contributed by atoms with van der Waals surface area (Å²) in [6.45, 7) is 10.9. The Morgan fingerprint density at radius 2 is 1.25 bits per heavy atom. The molecule has 0 nitrogen and oxygen atoms in total. The third-order valence-corrected chi connectivity index (χ3v) is 5.19. The lowest BCUT2D eigenvalue weighted by molar-refractivity contribution is 0.784. The van der Waals surface area contributed by atoms with Crippen LogP contribution < -0.4 is 0 Å². The van der Waals surface area contributed by atoms with Crippen LogP contribution >= 0.6 is 7.14 Å². The molecule has 3 radical (unpaired) electrons. The molecule has 0 saturated carbocycles. The molecule has 0 fully saturated rings. The molecule has 47 valence electrons. The van der Waals surface area contributed by atoms with E-state index in [1.807, 2.05) is 0 Å². The first-order valence-electron chi connectivity index (χ1n) is 2.88. The highest BCUT2D eigenvalue weighted by Gasteiger charge is 2.22. The van der Waals surface area contributed by atoms with E-state index in [9.17, 15) is 0 Å². The highest BCUT2D eigenvalue weighted by atomic mass is 31.2. The van der Waals surface area contributed by atoms with E-state index < -0.39 is 7.14 Å². The van der Waals surface area contributed by atoms with Crippen molar-refractivity contribution in [3.63, 3.8) is 0 Å². The number of rotatable bonds is 0. The van der Waals surface area contributed by atoms with Crippen molar-refractivity contribution in [3.05, 3.63) is 0 Å². The first-order valence-corrected chi connectivity index (χ1v) is 5.63. The average Bonchev–Trinajstić information content (AvgIpc) is 1.25. The van der Waals surface area contributed by atoms with Crippen molar-refractivity contribution in [1.29, 1.82) is 0 Å². The summed E-state index contributed by atoms with van der Waals surface area (Å²) in [5.74, 6) is 0. The zero-order valence-electron chi connectivity index (χ0n) is 6.52. The third kappa shape index (κ3) is 2.18. The zero-order valence-corrected chi connectivity index (χ0v) is 7.42. The second-order valence-corrected chi connectivity index (χ2v) is 8.13. The van der Waals surface area contributed by atoms with E-state index >= 15 is 0 Å². The van der Waals surface area contributed by atoms with Gasteiger partial charge in [-0.05, 0) is 20.8 Å². The zero-order chi connectivity index (χ0) is 7.00. The molecular weight excluding hydrogens is 114 g/mol. The van der Waals surface area contributed by atoms with Crippen LogP contribution in [0.25, 0.3) is 0 Å². The first-order chi connectivity index (χ1) is 3.25. The first kappa shape index (κ1) is 8.49. The van der Waals surface area contributed by atoms with Gasteiger partial charge in [-0.25, -0.2) is 7.14 Å². The normalized spacial score (nSPS) is 14.2. The lowest BCUT2D eigenvalue weighted by atomic mass is 10.3. The SMILES string of the molecule is [B-][P+](C)(C)C(C)(C)C. The quantitative estimate of drug-likeness (QED) is 0.347. The maximum absolute atomic E-state index is 5.92. The van der Waals surface area contributed by atoms with Gasteiger partial charge in [0, 0.05) is 18.5 Å². The molecule has 0 spiro atoms. The van der Waals surface area contributed by atoms with Gasteiger partial charge in [-0.1, -0.05) is 0 Å². The molecule has 0 amide bonds. The molecule has 0 saturated heterocycles. The van der Waals surface area contributed by atoms with Crippen LogP contribution in [-0.2, 0) is 0 Å². The van der Waals surface area contributed by atoms with Gasteiger partial charge < -0.3 is 7.57 Å². The minimum atomic E-state index is -1.10. The van der Waals surface area contributed by atoms with Crippen molar-refractivity contribution in [2.45, 2.75) is 25.9 Å². The molecule has 8 heavy (non-hydrogen) atoms. The topological polar surface area (TPSA) is 0 Å². The van der Waals surface area contributed by atoms with Crippen LogP contribution in [0.4, 0.5) is 0 Å². The molecule has 0 aromatic heterocycles. The third-order valence-electron chi connectivity index (χ3n) is 1.73. The van der Waals surface area contributed by atoms with Crippen LogP contribution in [0.1, 0.15) is 20.8 Å². The molecule has 0 aliphatic heterocycles. The van der Waals surface area contributed by atoms with E-state index in [1.165, 1.54) is 0 Å². The Hall–Kier alpha value is 0.495. The predicted molar refractivity (Wildman–Crippen MR) is 44.3 cm³/mol. The lowest BCUT2D eigenvalue weighted by Crippen LogP contribution is -2.18. The van der Waals surface area contributed by atoms with E-state index in [-0.39, 0.29) is 0 Å². The molecule has 0 N–H and O–H groups in total. The summed E-state index contributed by atoms with van der Waals surface area (Å²) in [6, 6.07) is 0. The fourth-order valence-corrected chi connectivity index (χ4v) is 0. The molecule has 0 aliphatic carbocycles. The van der Waals surface area contributed by atoms with Gasteiger partial charge in [0.05, 0.1) is 0 Å². The van der Waals surface area contributed by atoms with E-state index in [4.69, 9.17) is 7.57 Å². The molecule has 0 bridgehead atoms. The summed E-state index contributed by atoms with van der Waals surface area (Å²) < 4.78 is 0. The van der Waals surface area contributed by atoms with Gasteiger partial charge in [0.15, 0.2) is 0 Å². The van der Waals surface area contributed by atoms with Gasteiger partial charge in [-0.3, -0.25) is 0 Å². The smallest absolute Gasteiger partial charge is 0.0237 e. The van der Waals surface area contributed by atoms with E-state index in [0.717, 1.165) is 0 Å². The minimum absolute atomic E-state index is 0.326. The van der Waals surface area contributed by atoms with Gasteiger partial charge in [0.2, 0.25) is 0 Å². The van der Waals surface area contributed by atoms with Crippen molar-refractivity contribution < 1.29 is 0 Å². The predicted octanol–water partition coefficient (Wildman–Crippen LogP) is 2.15. The van der Waals surface area contributed by atoms with Gasteiger partial charge >= 0.3 is 0 Å². The van der Waals surface area contributed by atoms with E-state index in [0.29, 0.717) is 5.16 Å². The molecule has 0 unspecified atom stereocenters. The van der Waals surface area contributed by atoms with Crippen LogP contribution in [0, 0.1) is 0 Å². The van der Waals surface area contributed by atoms with Crippen LogP contribution in [-0.4, -0.2) is 26.1 Å². The van der Waals surface area contributed by atoms with E-state index in [1.54, 1.807) is 0 Å². The largest absolute Gasteiger partial charge is 0.307 e. The molecule has 0 aromatic rings. The second-order valence-electron chi connectivity index (χ2n) is 3.71. The highest BCUT2D eigenvalue weighted by molar-refractivity contribution is 7.97. The summed E-state index contributed by atoms with van der Waals surface area (Å²) in [7, 11) is 4.82. The van der Waals surface area contributed by atoms with Gasteiger partial charge in [-0.15, -0.1) is 0 Å². The fourth-order valence-electron chi connectivity index (χ4n) is 0. The Morgan fingerprint density at radius 1 is 1.12 bits per heavy atom. The Kier molecular flexibility index (Phi) is 2.15. The van der Waals surface area contributed by atoms with Crippen LogP contribution in [0.5, 0.6) is 0 Å². The standard InChI is InChI=1S/C6H15BP/c1-6(2,3)8(4,5)7/h1-5H3. The maximum Gasteiger partial charge on any atom is 0.0237 e. The molecule has 0 heterocycles. The molecule has 0 rings (SSSR count). The monoisotopic (exact) mass is 129 g/mol. The van der Waals surface area contributed by atoms with Gasteiger partial charge in [0.25, 0.3) is 0 Å². The fraction of sp³-hybridized carbons (Fsp3) is 1.00. The average molecular weight is 129 g/mol. The molecule has 0 aromatic carbocycles. The summed E-state index contributed by atoms with van der Waals surface area (Å²) in [5, 5.41) is 0.326. The Balaban J connectivity index is 4.02.